The average Bonchev–Trinajstić information content (AvgIpc) is 2.37. The standard InChI is InChI=1S/C14H14FN3O/c1-18(9-10-2-4-17-5-3-10)14(19)11-6-12(15)8-13(16)7-11/h2-8H,9,16H2,1H3. The van der Waals surface area contributed by atoms with Gasteiger partial charge in [0, 0.05) is 37.2 Å². The number of benzene rings is 1. The molecule has 0 aliphatic carbocycles. The third-order valence-electron chi connectivity index (χ3n) is 2.68. The lowest BCUT2D eigenvalue weighted by molar-refractivity contribution is 0.0784. The molecule has 1 aromatic carbocycles. The van der Waals surface area contributed by atoms with Gasteiger partial charge in [0.15, 0.2) is 0 Å². The Morgan fingerprint density at radius 1 is 1.32 bits per heavy atom. The van der Waals surface area contributed by atoms with Gasteiger partial charge >= 0.3 is 0 Å². The molecule has 1 amide bonds. The van der Waals surface area contributed by atoms with Crippen molar-refractivity contribution in [3.8, 4) is 0 Å². The first-order valence-corrected chi connectivity index (χ1v) is 5.76. The molecule has 0 aliphatic heterocycles. The Morgan fingerprint density at radius 2 is 2.00 bits per heavy atom. The molecule has 0 atom stereocenters. The van der Waals surface area contributed by atoms with Gasteiger partial charge in [-0.25, -0.2) is 4.39 Å². The zero-order valence-corrected chi connectivity index (χ0v) is 10.5. The highest BCUT2D eigenvalue weighted by molar-refractivity contribution is 5.94. The average molecular weight is 259 g/mol. The number of rotatable bonds is 3. The Hall–Kier alpha value is -2.43. The number of amides is 1. The van der Waals surface area contributed by atoms with Crippen molar-refractivity contribution >= 4 is 11.6 Å². The molecule has 2 rings (SSSR count). The van der Waals surface area contributed by atoms with E-state index >= 15 is 0 Å². The number of halogens is 1. The van der Waals surface area contributed by atoms with Crippen molar-refractivity contribution in [3.05, 3.63) is 59.7 Å². The Balaban J connectivity index is 2.15. The zero-order chi connectivity index (χ0) is 13.8. The van der Waals surface area contributed by atoms with Crippen molar-refractivity contribution in [2.75, 3.05) is 12.8 Å². The Bertz CT molecular complexity index is 566. The highest BCUT2D eigenvalue weighted by atomic mass is 19.1. The Labute approximate surface area is 110 Å². The van der Waals surface area contributed by atoms with E-state index in [4.69, 9.17) is 5.73 Å². The van der Waals surface area contributed by atoms with E-state index < -0.39 is 5.82 Å². The number of pyridine rings is 1. The number of nitrogen functional groups attached to an aromatic ring is 1. The van der Waals surface area contributed by atoms with Gasteiger partial charge in [-0.15, -0.1) is 0 Å². The molecule has 1 heterocycles. The molecule has 0 saturated heterocycles. The first-order valence-electron chi connectivity index (χ1n) is 5.76. The molecule has 0 fully saturated rings. The number of hydrogen-bond acceptors (Lipinski definition) is 3. The predicted octanol–water partition coefficient (Wildman–Crippen LogP) is 2.08. The summed E-state index contributed by atoms with van der Waals surface area (Å²) in [6.45, 7) is 0.428. The molecule has 0 saturated carbocycles. The minimum Gasteiger partial charge on any atom is -0.399 e. The summed E-state index contributed by atoms with van der Waals surface area (Å²) in [5.41, 5.74) is 6.97. The van der Waals surface area contributed by atoms with Crippen LogP contribution in [0.2, 0.25) is 0 Å². The van der Waals surface area contributed by atoms with Crippen LogP contribution in [-0.2, 0) is 6.54 Å². The van der Waals surface area contributed by atoms with Gasteiger partial charge in [0.05, 0.1) is 0 Å². The molecule has 0 spiro atoms. The summed E-state index contributed by atoms with van der Waals surface area (Å²) in [6, 6.07) is 7.48. The molecule has 2 aromatic rings. The number of nitrogens with two attached hydrogens (primary N) is 1. The molecule has 19 heavy (non-hydrogen) atoms. The third-order valence-corrected chi connectivity index (χ3v) is 2.68. The van der Waals surface area contributed by atoms with Crippen molar-refractivity contribution in [1.29, 1.82) is 0 Å². The molecular weight excluding hydrogens is 245 g/mol. The van der Waals surface area contributed by atoms with E-state index in [1.54, 1.807) is 19.4 Å². The van der Waals surface area contributed by atoms with Crippen LogP contribution in [0.1, 0.15) is 15.9 Å². The highest BCUT2D eigenvalue weighted by Crippen LogP contribution is 2.13. The molecule has 0 radical (unpaired) electrons. The fourth-order valence-corrected chi connectivity index (χ4v) is 1.79. The van der Waals surface area contributed by atoms with Gasteiger partial charge in [0.25, 0.3) is 5.91 Å². The van der Waals surface area contributed by atoms with Crippen LogP contribution in [0.5, 0.6) is 0 Å². The summed E-state index contributed by atoms with van der Waals surface area (Å²) in [5, 5.41) is 0. The van der Waals surface area contributed by atoms with Crippen LogP contribution in [0.25, 0.3) is 0 Å². The molecule has 4 nitrogen and oxygen atoms in total. The number of hydrogen-bond donors (Lipinski definition) is 1. The summed E-state index contributed by atoms with van der Waals surface area (Å²) in [6.07, 6.45) is 3.32. The van der Waals surface area contributed by atoms with Crippen LogP contribution in [-0.4, -0.2) is 22.8 Å². The topological polar surface area (TPSA) is 59.2 Å². The summed E-state index contributed by atoms with van der Waals surface area (Å²) < 4.78 is 13.2. The normalized spacial score (nSPS) is 10.2. The Morgan fingerprint density at radius 3 is 2.63 bits per heavy atom. The number of nitrogens with zero attached hydrogens (tertiary/aromatic N) is 2. The summed E-state index contributed by atoms with van der Waals surface area (Å²) >= 11 is 0. The van der Waals surface area contributed by atoms with Crippen LogP contribution in [0.3, 0.4) is 0 Å². The molecule has 2 N–H and O–H groups in total. The van der Waals surface area contributed by atoms with E-state index in [9.17, 15) is 9.18 Å². The predicted molar refractivity (Wildman–Crippen MR) is 70.8 cm³/mol. The van der Waals surface area contributed by atoms with Gasteiger partial charge in [-0.3, -0.25) is 9.78 Å². The first-order chi connectivity index (χ1) is 9.06. The van der Waals surface area contributed by atoms with Crippen molar-refractivity contribution in [1.82, 2.24) is 9.88 Å². The van der Waals surface area contributed by atoms with Crippen molar-refractivity contribution < 1.29 is 9.18 Å². The summed E-state index contributed by atoms with van der Waals surface area (Å²) in [7, 11) is 1.66. The largest absolute Gasteiger partial charge is 0.399 e. The minimum atomic E-state index is -0.513. The van der Waals surface area contributed by atoms with Gasteiger partial charge in [0.1, 0.15) is 5.82 Å². The van der Waals surface area contributed by atoms with E-state index in [1.807, 2.05) is 12.1 Å². The highest BCUT2D eigenvalue weighted by Gasteiger charge is 2.13. The van der Waals surface area contributed by atoms with Crippen LogP contribution < -0.4 is 5.73 Å². The van der Waals surface area contributed by atoms with Crippen molar-refractivity contribution in [3.63, 3.8) is 0 Å². The van der Waals surface area contributed by atoms with Crippen LogP contribution in [0.4, 0.5) is 10.1 Å². The first kappa shape index (κ1) is 13.0. The smallest absolute Gasteiger partial charge is 0.254 e. The number of carbonyl (C=O) groups excluding carboxylic acids is 1. The van der Waals surface area contributed by atoms with E-state index in [0.29, 0.717) is 6.54 Å². The molecular formula is C14H14FN3O. The molecule has 0 aliphatic rings. The van der Waals surface area contributed by atoms with Gasteiger partial charge in [-0.2, -0.15) is 0 Å². The lowest BCUT2D eigenvalue weighted by Crippen LogP contribution is -2.26. The second kappa shape index (κ2) is 5.48. The van der Waals surface area contributed by atoms with E-state index in [0.717, 1.165) is 5.56 Å². The second-order valence-electron chi connectivity index (χ2n) is 4.29. The fraction of sp³-hybridized carbons (Fsp3) is 0.143. The number of aromatic nitrogens is 1. The number of carbonyl (C=O) groups is 1. The maximum atomic E-state index is 13.2. The van der Waals surface area contributed by atoms with E-state index in [1.165, 1.54) is 23.1 Å². The van der Waals surface area contributed by atoms with Crippen molar-refractivity contribution in [2.45, 2.75) is 6.54 Å². The fourth-order valence-electron chi connectivity index (χ4n) is 1.79. The molecule has 5 heteroatoms. The number of anilines is 1. The monoisotopic (exact) mass is 259 g/mol. The SMILES string of the molecule is CN(Cc1ccncc1)C(=O)c1cc(N)cc(F)c1. The molecule has 1 aromatic heterocycles. The van der Waals surface area contributed by atoms with Crippen LogP contribution in [0.15, 0.2) is 42.7 Å². The maximum absolute atomic E-state index is 13.2. The van der Waals surface area contributed by atoms with Gasteiger partial charge in [-0.1, -0.05) is 0 Å². The molecule has 0 bridgehead atoms. The summed E-state index contributed by atoms with van der Waals surface area (Å²) in [5.74, 6) is -0.788. The lowest BCUT2D eigenvalue weighted by Gasteiger charge is -2.17. The van der Waals surface area contributed by atoms with E-state index in [-0.39, 0.29) is 17.2 Å². The lowest BCUT2D eigenvalue weighted by atomic mass is 10.1. The minimum absolute atomic E-state index is 0.237. The van der Waals surface area contributed by atoms with Crippen molar-refractivity contribution in [2.24, 2.45) is 0 Å². The molecule has 0 unspecified atom stereocenters. The van der Waals surface area contributed by atoms with Gasteiger partial charge in [0.2, 0.25) is 0 Å². The second-order valence-corrected chi connectivity index (χ2v) is 4.29. The third kappa shape index (κ3) is 3.28. The maximum Gasteiger partial charge on any atom is 0.254 e. The Kier molecular flexibility index (Phi) is 3.75. The summed E-state index contributed by atoms with van der Waals surface area (Å²) in [4.78, 5) is 17.6. The zero-order valence-electron chi connectivity index (χ0n) is 10.5. The quantitative estimate of drug-likeness (QED) is 0.858. The van der Waals surface area contributed by atoms with Gasteiger partial charge < -0.3 is 10.6 Å². The van der Waals surface area contributed by atoms with Crippen LogP contribution >= 0.6 is 0 Å². The van der Waals surface area contributed by atoms with Crippen LogP contribution in [0, 0.1) is 5.82 Å². The molecule has 98 valence electrons. The van der Waals surface area contributed by atoms with Gasteiger partial charge in [-0.05, 0) is 35.9 Å². The van der Waals surface area contributed by atoms with E-state index in [2.05, 4.69) is 4.98 Å².